The molecule has 5 heteroatoms. The molecule has 0 aliphatic carbocycles. The zero-order chi connectivity index (χ0) is 14.8. The number of aryl methyl sites for hydroxylation is 1. The lowest BCUT2D eigenvalue weighted by atomic mass is 9.99. The Kier molecular flexibility index (Phi) is 3.73. The van der Waals surface area contributed by atoms with Crippen LogP contribution in [-0.4, -0.2) is 38.4 Å². The Labute approximate surface area is 124 Å². The van der Waals surface area contributed by atoms with Crippen molar-refractivity contribution < 1.29 is 4.79 Å². The summed E-state index contributed by atoms with van der Waals surface area (Å²) in [7, 11) is 0. The zero-order valence-electron chi connectivity index (χ0n) is 12.5. The van der Waals surface area contributed by atoms with Crippen LogP contribution in [0.2, 0.25) is 0 Å². The maximum atomic E-state index is 11.6. The lowest BCUT2D eigenvalue weighted by molar-refractivity contribution is -0.137. The minimum Gasteiger partial charge on any atom is -0.342 e. The van der Waals surface area contributed by atoms with E-state index in [0.29, 0.717) is 12.3 Å². The van der Waals surface area contributed by atoms with Crippen LogP contribution in [0.25, 0.3) is 11.4 Å². The molecule has 2 aromatic rings. The van der Waals surface area contributed by atoms with Crippen LogP contribution in [0.1, 0.15) is 19.0 Å². The Morgan fingerprint density at radius 2 is 2.05 bits per heavy atom. The fourth-order valence-electron chi connectivity index (χ4n) is 2.79. The average Bonchev–Trinajstić information content (AvgIpc) is 2.83. The molecule has 0 unspecified atom stereocenters. The Hall–Kier alpha value is -2.17. The van der Waals surface area contributed by atoms with E-state index in [0.717, 1.165) is 36.7 Å². The molecule has 0 aromatic carbocycles. The highest BCUT2D eigenvalue weighted by molar-refractivity contribution is 5.76. The van der Waals surface area contributed by atoms with E-state index in [4.69, 9.17) is 0 Å². The molecule has 0 spiro atoms. The monoisotopic (exact) mass is 284 g/mol. The van der Waals surface area contributed by atoms with E-state index in [2.05, 4.69) is 21.5 Å². The van der Waals surface area contributed by atoms with Crippen LogP contribution in [0.3, 0.4) is 0 Å². The fourth-order valence-corrected chi connectivity index (χ4v) is 2.79. The highest BCUT2D eigenvalue weighted by Crippen LogP contribution is 2.24. The third-order valence-electron chi connectivity index (χ3n) is 4.05. The summed E-state index contributed by atoms with van der Waals surface area (Å²) >= 11 is 0. The first-order valence-electron chi connectivity index (χ1n) is 7.39. The van der Waals surface area contributed by atoms with Crippen LogP contribution in [-0.2, 0) is 11.3 Å². The molecular weight excluding hydrogens is 264 g/mol. The Morgan fingerprint density at radius 3 is 2.71 bits per heavy atom. The summed E-state index contributed by atoms with van der Waals surface area (Å²) in [5.41, 5.74) is 2.24. The summed E-state index contributed by atoms with van der Waals surface area (Å²) in [6.45, 7) is 6.62. The Bertz CT molecular complexity index is 629. The molecule has 1 aliphatic heterocycles. The number of imidazole rings is 1. The van der Waals surface area contributed by atoms with Gasteiger partial charge >= 0.3 is 0 Å². The van der Waals surface area contributed by atoms with Gasteiger partial charge in [0.05, 0.1) is 0 Å². The molecule has 3 rings (SSSR count). The minimum atomic E-state index is 0.253. The summed E-state index contributed by atoms with van der Waals surface area (Å²) in [6.07, 6.45) is 6.08. The van der Waals surface area contributed by atoms with E-state index in [-0.39, 0.29) is 5.91 Å². The number of hydrogen-bond acceptors (Lipinski definition) is 3. The molecule has 1 fully saturated rings. The number of aromatic nitrogens is 3. The van der Waals surface area contributed by atoms with Gasteiger partial charge in [-0.2, -0.15) is 0 Å². The number of nitrogens with zero attached hydrogens (tertiary/aromatic N) is 4. The second-order valence-electron chi connectivity index (χ2n) is 5.59. The normalized spacial score (nSPS) is 15.0. The second-order valence-corrected chi connectivity index (χ2v) is 5.59. The van der Waals surface area contributed by atoms with Gasteiger partial charge in [0, 0.05) is 61.8 Å². The number of hydrogen-bond donors (Lipinski definition) is 0. The van der Waals surface area contributed by atoms with Crippen molar-refractivity contribution in [3.63, 3.8) is 0 Å². The molecule has 0 radical (unpaired) electrons. The van der Waals surface area contributed by atoms with Gasteiger partial charge in [0.2, 0.25) is 5.91 Å². The van der Waals surface area contributed by atoms with E-state index in [1.54, 1.807) is 12.4 Å². The maximum Gasteiger partial charge on any atom is 0.222 e. The van der Waals surface area contributed by atoms with Gasteiger partial charge < -0.3 is 9.47 Å². The highest BCUT2D eigenvalue weighted by Gasteiger charge is 2.30. The van der Waals surface area contributed by atoms with Gasteiger partial charge in [-0.3, -0.25) is 9.78 Å². The van der Waals surface area contributed by atoms with Crippen molar-refractivity contribution in [1.29, 1.82) is 0 Å². The topological polar surface area (TPSA) is 51.0 Å². The van der Waals surface area contributed by atoms with E-state index < -0.39 is 0 Å². The van der Waals surface area contributed by atoms with Crippen molar-refractivity contribution in [2.45, 2.75) is 26.8 Å². The number of pyridine rings is 1. The lowest BCUT2D eigenvalue weighted by Gasteiger charge is -2.39. The minimum absolute atomic E-state index is 0.253. The van der Waals surface area contributed by atoms with Crippen LogP contribution in [0.5, 0.6) is 0 Å². The standard InChI is InChI=1S/C16H20N4O/c1-3-15(21)19-9-13(10-19)11-20-12(2)8-18-16(20)14-4-6-17-7-5-14/h4-8,13H,3,9-11H2,1-2H3. The molecule has 1 aliphatic rings. The molecule has 0 N–H and O–H groups in total. The number of carbonyl (C=O) groups excluding carboxylic acids is 1. The van der Waals surface area contributed by atoms with Gasteiger partial charge in [0.25, 0.3) is 0 Å². The van der Waals surface area contributed by atoms with Crippen molar-refractivity contribution in [3.05, 3.63) is 36.4 Å². The molecule has 0 atom stereocenters. The van der Waals surface area contributed by atoms with Crippen molar-refractivity contribution >= 4 is 5.91 Å². The molecule has 2 aromatic heterocycles. The third-order valence-corrected chi connectivity index (χ3v) is 4.05. The molecule has 110 valence electrons. The molecular formula is C16H20N4O. The van der Waals surface area contributed by atoms with Crippen molar-refractivity contribution in [2.75, 3.05) is 13.1 Å². The summed E-state index contributed by atoms with van der Waals surface area (Å²) in [5, 5.41) is 0. The second kappa shape index (κ2) is 5.68. The van der Waals surface area contributed by atoms with Gasteiger partial charge in [-0.1, -0.05) is 6.92 Å². The van der Waals surface area contributed by atoms with Crippen LogP contribution in [0.15, 0.2) is 30.7 Å². The van der Waals surface area contributed by atoms with Gasteiger partial charge in [-0.05, 0) is 19.1 Å². The molecule has 1 amide bonds. The largest absolute Gasteiger partial charge is 0.342 e. The predicted molar refractivity (Wildman–Crippen MR) is 80.6 cm³/mol. The van der Waals surface area contributed by atoms with E-state index in [1.165, 1.54) is 0 Å². The van der Waals surface area contributed by atoms with Crippen LogP contribution < -0.4 is 0 Å². The van der Waals surface area contributed by atoms with Crippen LogP contribution in [0.4, 0.5) is 0 Å². The lowest BCUT2D eigenvalue weighted by Crippen LogP contribution is -2.51. The predicted octanol–water partition coefficient (Wildman–Crippen LogP) is 2.12. The van der Waals surface area contributed by atoms with Crippen molar-refractivity contribution in [2.24, 2.45) is 5.92 Å². The number of likely N-dealkylation sites (tertiary alicyclic amines) is 1. The summed E-state index contributed by atoms with van der Waals surface area (Å²) in [6, 6.07) is 3.96. The Morgan fingerprint density at radius 1 is 1.33 bits per heavy atom. The quantitative estimate of drug-likeness (QED) is 0.864. The highest BCUT2D eigenvalue weighted by atomic mass is 16.2. The average molecular weight is 284 g/mol. The van der Waals surface area contributed by atoms with Gasteiger partial charge in [0.15, 0.2) is 0 Å². The van der Waals surface area contributed by atoms with E-state index in [9.17, 15) is 4.79 Å². The fraction of sp³-hybridized carbons (Fsp3) is 0.438. The number of carbonyl (C=O) groups is 1. The zero-order valence-corrected chi connectivity index (χ0v) is 12.5. The SMILES string of the molecule is CCC(=O)N1CC(Cn2c(C)cnc2-c2ccncc2)C1. The maximum absolute atomic E-state index is 11.6. The van der Waals surface area contributed by atoms with Crippen molar-refractivity contribution in [3.8, 4) is 11.4 Å². The van der Waals surface area contributed by atoms with Gasteiger partial charge in [0.1, 0.15) is 5.82 Å². The molecule has 0 saturated carbocycles. The first-order valence-corrected chi connectivity index (χ1v) is 7.39. The smallest absolute Gasteiger partial charge is 0.222 e. The van der Waals surface area contributed by atoms with E-state index >= 15 is 0 Å². The first kappa shape index (κ1) is 13.8. The molecule has 1 saturated heterocycles. The van der Waals surface area contributed by atoms with Crippen LogP contribution >= 0.6 is 0 Å². The van der Waals surface area contributed by atoms with Gasteiger partial charge in [-0.25, -0.2) is 4.98 Å². The van der Waals surface area contributed by atoms with Gasteiger partial charge in [-0.15, -0.1) is 0 Å². The molecule has 21 heavy (non-hydrogen) atoms. The summed E-state index contributed by atoms with van der Waals surface area (Å²) < 4.78 is 2.24. The number of amides is 1. The van der Waals surface area contributed by atoms with E-state index in [1.807, 2.05) is 30.2 Å². The van der Waals surface area contributed by atoms with Crippen LogP contribution in [0, 0.1) is 12.8 Å². The molecule has 3 heterocycles. The molecule has 5 nitrogen and oxygen atoms in total. The summed E-state index contributed by atoms with van der Waals surface area (Å²) in [5.74, 6) is 1.76. The Balaban J connectivity index is 1.73. The first-order chi connectivity index (χ1) is 10.2. The number of rotatable bonds is 4. The summed E-state index contributed by atoms with van der Waals surface area (Å²) in [4.78, 5) is 22.1. The van der Waals surface area contributed by atoms with Crippen molar-refractivity contribution in [1.82, 2.24) is 19.4 Å². The molecule has 0 bridgehead atoms. The third kappa shape index (κ3) is 2.68.